The van der Waals surface area contributed by atoms with Crippen molar-refractivity contribution in [1.82, 2.24) is 19.7 Å². The maximum atomic E-state index is 13.3. The van der Waals surface area contributed by atoms with Crippen LogP contribution in [-0.2, 0) is 17.4 Å². The third kappa shape index (κ3) is 2.41. The maximum Gasteiger partial charge on any atom is 0.248 e. The van der Waals surface area contributed by atoms with E-state index in [1.165, 1.54) is 0 Å². The average molecular weight is 398 g/mol. The molecule has 8 heteroatoms. The van der Waals surface area contributed by atoms with E-state index < -0.39 is 11.5 Å². The van der Waals surface area contributed by atoms with E-state index >= 15 is 0 Å². The molecule has 4 aromatic rings. The van der Waals surface area contributed by atoms with Crippen molar-refractivity contribution >= 4 is 32.6 Å². The number of hydrogen-bond donors (Lipinski definition) is 0. The van der Waals surface area contributed by atoms with Gasteiger partial charge in [-0.15, -0.1) is 11.3 Å². The van der Waals surface area contributed by atoms with Crippen molar-refractivity contribution in [2.75, 3.05) is 6.61 Å². The third-order valence-electron chi connectivity index (χ3n) is 5.77. The van der Waals surface area contributed by atoms with Gasteiger partial charge in [0, 0.05) is 59.4 Å². The number of hydrogen-bond acceptors (Lipinski definition) is 5. The van der Waals surface area contributed by atoms with Gasteiger partial charge in [-0.3, -0.25) is 4.68 Å². The van der Waals surface area contributed by atoms with Crippen LogP contribution in [0, 0.1) is 5.92 Å². The molecule has 1 saturated heterocycles. The van der Waals surface area contributed by atoms with E-state index in [-0.39, 0.29) is 18.8 Å². The molecule has 6 rings (SSSR count). The van der Waals surface area contributed by atoms with Gasteiger partial charge in [-0.1, -0.05) is 0 Å². The summed E-state index contributed by atoms with van der Waals surface area (Å²) in [7, 11) is 1.87. The molecule has 5 heterocycles. The topological polar surface area (TPSA) is 56.1 Å². The van der Waals surface area contributed by atoms with Crippen LogP contribution in [0.3, 0.4) is 0 Å². The van der Waals surface area contributed by atoms with E-state index in [1.54, 1.807) is 22.2 Å². The number of thiophene rings is 1. The molecular weight excluding hydrogens is 382 g/mol. The van der Waals surface area contributed by atoms with Crippen LogP contribution in [0.1, 0.15) is 17.7 Å². The van der Waals surface area contributed by atoms with Gasteiger partial charge in [0.1, 0.15) is 10.4 Å². The lowest BCUT2D eigenvalue weighted by molar-refractivity contribution is -0.131. The summed E-state index contributed by atoms with van der Waals surface area (Å²) in [5.74, 6) is -2.64. The standard InChI is InChI=1S/C20H16F2N4OS/c1-26-9-13-4-12(8-23-17(13)25-26)15-3-2-11-5-16(28-18(11)24-15)20(10-27-20)14-6-19(21,22)7-14/h2-5,8-9,14H,6-7,10H2,1H3. The maximum absolute atomic E-state index is 13.3. The second-order valence-electron chi connectivity index (χ2n) is 7.78. The molecule has 28 heavy (non-hydrogen) atoms. The molecular formula is C20H16F2N4OS. The molecule has 0 bridgehead atoms. The summed E-state index contributed by atoms with van der Waals surface area (Å²) in [4.78, 5) is 11.1. The van der Waals surface area contributed by atoms with Crippen molar-refractivity contribution in [3.05, 3.63) is 41.5 Å². The highest BCUT2D eigenvalue weighted by atomic mass is 32.1. The fourth-order valence-corrected chi connectivity index (χ4v) is 5.35. The van der Waals surface area contributed by atoms with Gasteiger partial charge in [-0.25, -0.2) is 18.7 Å². The Morgan fingerprint density at radius 1 is 1.21 bits per heavy atom. The Morgan fingerprint density at radius 3 is 2.79 bits per heavy atom. The van der Waals surface area contributed by atoms with E-state index in [0.29, 0.717) is 12.3 Å². The minimum atomic E-state index is -2.54. The minimum Gasteiger partial charge on any atom is -0.363 e. The van der Waals surface area contributed by atoms with Gasteiger partial charge in [0.2, 0.25) is 5.92 Å². The van der Waals surface area contributed by atoms with Gasteiger partial charge >= 0.3 is 0 Å². The zero-order chi connectivity index (χ0) is 19.1. The van der Waals surface area contributed by atoms with E-state index in [9.17, 15) is 8.78 Å². The summed E-state index contributed by atoms with van der Waals surface area (Å²) in [5.41, 5.74) is 1.94. The summed E-state index contributed by atoms with van der Waals surface area (Å²) in [6.45, 7) is 0.523. The van der Waals surface area contributed by atoms with E-state index in [1.807, 2.05) is 37.5 Å². The quantitative estimate of drug-likeness (QED) is 0.476. The Kier molecular flexibility index (Phi) is 3.14. The Labute approximate surface area is 163 Å². The van der Waals surface area contributed by atoms with Crippen molar-refractivity contribution in [2.24, 2.45) is 13.0 Å². The largest absolute Gasteiger partial charge is 0.363 e. The van der Waals surface area contributed by atoms with Crippen LogP contribution < -0.4 is 0 Å². The zero-order valence-corrected chi connectivity index (χ0v) is 15.8. The van der Waals surface area contributed by atoms with Gasteiger partial charge in [-0.2, -0.15) is 5.10 Å². The van der Waals surface area contributed by atoms with Crippen LogP contribution >= 0.6 is 11.3 Å². The van der Waals surface area contributed by atoms with Crippen molar-refractivity contribution in [3.63, 3.8) is 0 Å². The zero-order valence-electron chi connectivity index (χ0n) is 15.0. The average Bonchev–Trinajstić information content (AvgIpc) is 3.18. The van der Waals surface area contributed by atoms with Crippen LogP contribution in [0.5, 0.6) is 0 Å². The lowest BCUT2D eigenvalue weighted by Gasteiger charge is -2.38. The smallest absolute Gasteiger partial charge is 0.248 e. The second kappa shape index (κ2) is 5.33. The number of ether oxygens (including phenoxy) is 1. The van der Waals surface area contributed by atoms with Crippen molar-refractivity contribution < 1.29 is 13.5 Å². The Bertz CT molecular complexity index is 1240. The summed E-state index contributed by atoms with van der Waals surface area (Å²) in [5, 5.41) is 6.27. The molecule has 1 atom stereocenters. The molecule has 0 amide bonds. The van der Waals surface area contributed by atoms with E-state index in [2.05, 4.69) is 10.1 Å². The predicted octanol–water partition coefficient (Wildman–Crippen LogP) is 4.52. The van der Waals surface area contributed by atoms with Gasteiger partial charge in [-0.05, 0) is 24.3 Å². The summed E-state index contributed by atoms with van der Waals surface area (Å²) >= 11 is 1.54. The van der Waals surface area contributed by atoms with Crippen molar-refractivity contribution in [3.8, 4) is 11.3 Å². The molecule has 2 aliphatic rings. The number of nitrogens with zero attached hydrogens (tertiary/aromatic N) is 4. The first-order chi connectivity index (χ1) is 13.4. The lowest BCUT2D eigenvalue weighted by Crippen LogP contribution is -2.42. The number of aryl methyl sites for hydroxylation is 1. The number of epoxide rings is 1. The molecule has 0 N–H and O–H groups in total. The Morgan fingerprint density at radius 2 is 2.04 bits per heavy atom. The number of pyridine rings is 2. The van der Waals surface area contributed by atoms with E-state index in [4.69, 9.17) is 9.72 Å². The molecule has 142 valence electrons. The van der Waals surface area contributed by atoms with Crippen LogP contribution in [0.2, 0.25) is 0 Å². The predicted molar refractivity (Wildman–Crippen MR) is 102 cm³/mol. The molecule has 4 aromatic heterocycles. The SMILES string of the molecule is Cn1cc2cc(-c3ccc4cc(C5(C6CC(F)(F)C6)CO5)sc4n3)cnc2n1. The van der Waals surface area contributed by atoms with Crippen LogP contribution in [0.4, 0.5) is 8.78 Å². The molecule has 1 saturated carbocycles. The van der Waals surface area contributed by atoms with Crippen LogP contribution in [0.25, 0.3) is 32.5 Å². The lowest BCUT2D eigenvalue weighted by atomic mass is 9.72. The number of aromatic nitrogens is 4. The molecule has 0 radical (unpaired) electrons. The van der Waals surface area contributed by atoms with Gasteiger partial charge in [0.15, 0.2) is 5.65 Å². The molecule has 1 unspecified atom stereocenters. The molecule has 1 aliphatic heterocycles. The summed E-state index contributed by atoms with van der Waals surface area (Å²) < 4.78 is 34.1. The van der Waals surface area contributed by atoms with Gasteiger partial charge in [0.25, 0.3) is 0 Å². The monoisotopic (exact) mass is 398 g/mol. The van der Waals surface area contributed by atoms with Crippen molar-refractivity contribution in [2.45, 2.75) is 24.4 Å². The fraction of sp³-hybridized carbons (Fsp3) is 0.350. The summed E-state index contributed by atoms with van der Waals surface area (Å²) in [6, 6.07) is 8.06. The minimum absolute atomic E-state index is 0.0866. The first kappa shape index (κ1) is 16.5. The fourth-order valence-electron chi connectivity index (χ4n) is 4.11. The number of fused-ring (bicyclic) bond motifs is 2. The number of halogens is 2. The highest BCUT2D eigenvalue weighted by molar-refractivity contribution is 7.18. The number of alkyl halides is 2. The van der Waals surface area contributed by atoms with Gasteiger partial charge in [0.05, 0.1) is 12.3 Å². The number of rotatable bonds is 3. The van der Waals surface area contributed by atoms with Crippen LogP contribution in [0.15, 0.2) is 36.7 Å². The highest BCUT2D eigenvalue weighted by Crippen LogP contribution is 2.59. The molecule has 5 nitrogen and oxygen atoms in total. The molecule has 1 aliphatic carbocycles. The molecule has 2 fully saturated rings. The van der Waals surface area contributed by atoms with Crippen LogP contribution in [-0.4, -0.2) is 32.3 Å². The Balaban J connectivity index is 1.37. The van der Waals surface area contributed by atoms with Crippen molar-refractivity contribution in [1.29, 1.82) is 0 Å². The first-order valence-electron chi connectivity index (χ1n) is 9.15. The highest BCUT2D eigenvalue weighted by Gasteiger charge is 2.63. The normalized spacial score (nSPS) is 24.0. The Hall–Kier alpha value is -2.45. The summed E-state index contributed by atoms with van der Waals surface area (Å²) in [6.07, 6.45) is 3.53. The second-order valence-corrected chi connectivity index (χ2v) is 8.81. The molecule has 0 aromatic carbocycles. The molecule has 0 spiro atoms. The first-order valence-corrected chi connectivity index (χ1v) is 9.96. The van der Waals surface area contributed by atoms with E-state index in [0.717, 1.165) is 31.7 Å². The van der Waals surface area contributed by atoms with Gasteiger partial charge < -0.3 is 4.74 Å². The third-order valence-corrected chi connectivity index (χ3v) is 6.98.